The van der Waals surface area contributed by atoms with Crippen LogP contribution in [-0.2, 0) is 46.2 Å². The van der Waals surface area contributed by atoms with Gasteiger partial charge in [-0.3, -0.25) is 38.6 Å². The van der Waals surface area contributed by atoms with Gasteiger partial charge in [0.15, 0.2) is 5.65 Å². The number of nitrogens with one attached hydrogen (secondary N) is 2. The van der Waals surface area contributed by atoms with Crippen LogP contribution in [0.2, 0.25) is 0 Å². The zero-order valence-corrected chi connectivity index (χ0v) is 35.4. The number of benzene rings is 2. The Hall–Kier alpha value is -6.54. The predicted molar refractivity (Wildman–Crippen MR) is 231 cm³/mol. The van der Waals surface area contributed by atoms with Crippen LogP contribution in [0.5, 0.6) is 0 Å². The second-order valence-electron chi connectivity index (χ2n) is 15.4. The summed E-state index contributed by atoms with van der Waals surface area (Å²) in [5.41, 5.74) is 4.65. The highest BCUT2D eigenvalue weighted by Gasteiger charge is 2.45. The standard InChI is InChI=1S/C45H51N9O10/c55-39-13-11-37(43(57)49-39)54-44(58)34-4-1-5-36(41(34)45(54)59)46-15-22-61-24-26-63-28-27-62-25-23-60-21-14-40(56)52-18-16-51(17-19-52)32-8-6-31(7-9-32)35-29-47-38(53-30-48-50-42(35)53)12-10-33-3-2-20-64-33/h1-9,20,29-30,37,46H,10-19,21-28H2,(H,49,55,57). The first kappa shape index (κ1) is 44.1. The van der Waals surface area contributed by atoms with Gasteiger partial charge in [0, 0.05) is 75.1 Å². The van der Waals surface area contributed by atoms with Gasteiger partial charge in [0.05, 0.1) is 76.7 Å². The molecule has 0 radical (unpaired) electrons. The molecule has 2 saturated heterocycles. The van der Waals surface area contributed by atoms with Crippen LogP contribution in [0, 0.1) is 0 Å². The lowest BCUT2D eigenvalue weighted by atomic mass is 10.0. The molecular weight excluding hydrogens is 827 g/mol. The number of carbonyl (C=O) groups is 5. The lowest BCUT2D eigenvalue weighted by molar-refractivity contribution is -0.136. The number of nitrogens with zero attached hydrogens (tertiary/aromatic N) is 7. The van der Waals surface area contributed by atoms with E-state index in [0.717, 1.165) is 58.5 Å². The van der Waals surface area contributed by atoms with Gasteiger partial charge in [-0.2, -0.15) is 0 Å². The number of fused-ring (bicyclic) bond motifs is 2. The summed E-state index contributed by atoms with van der Waals surface area (Å²) < 4.78 is 29.8. The third-order valence-corrected chi connectivity index (χ3v) is 11.4. The maximum absolute atomic E-state index is 13.2. The minimum atomic E-state index is -1.02. The molecule has 5 aromatic rings. The average Bonchev–Trinajstić information content (AvgIpc) is 4.08. The minimum absolute atomic E-state index is 0.0592. The molecule has 2 aromatic carbocycles. The number of imide groups is 2. The molecule has 64 heavy (non-hydrogen) atoms. The van der Waals surface area contributed by atoms with Crippen LogP contribution in [-0.4, -0.2) is 151 Å². The van der Waals surface area contributed by atoms with E-state index in [9.17, 15) is 24.0 Å². The number of aromatic nitrogens is 4. The van der Waals surface area contributed by atoms with Gasteiger partial charge in [0.1, 0.15) is 24.0 Å². The van der Waals surface area contributed by atoms with Gasteiger partial charge in [-0.15, -0.1) is 10.2 Å². The Labute approximate surface area is 369 Å². The molecule has 3 aliphatic rings. The molecule has 0 saturated carbocycles. The monoisotopic (exact) mass is 877 g/mol. The normalized spacial score (nSPS) is 16.5. The Kier molecular flexibility index (Phi) is 14.6. The number of amides is 5. The molecule has 19 nitrogen and oxygen atoms in total. The van der Waals surface area contributed by atoms with Crippen molar-refractivity contribution in [1.82, 2.24) is 34.7 Å². The first-order valence-electron chi connectivity index (χ1n) is 21.6. The van der Waals surface area contributed by atoms with Crippen molar-refractivity contribution < 1.29 is 47.3 Å². The second-order valence-corrected chi connectivity index (χ2v) is 15.4. The Balaban J connectivity index is 0.638. The van der Waals surface area contributed by atoms with Crippen molar-refractivity contribution in [2.75, 3.05) is 95.8 Å². The van der Waals surface area contributed by atoms with Gasteiger partial charge >= 0.3 is 0 Å². The molecule has 0 aliphatic carbocycles. The number of anilines is 2. The smallest absolute Gasteiger partial charge is 0.264 e. The van der Waals surface area contributed by atoms with Gasteiger partial charge in [0.2, 0.25) is 17.7 Å². The van der Waals surface area contributed by atoms with Gasteiger partial charge in [-0.05, 0) is 48.4 Å². The maximum atomic E-state index is 13.2. The zero-order valence-electron chi connectivity index (χ0n) is 35.4. The molecule has 8 rings (SSSR count). The highest BCUT2D eigenvalue weighted by Crippen LogP contribution is 2.32. The van der Waals surface area contributed by atoms with Crippen LogP contribution in [0.15, 0.2) is 77.8 Å². The highest BCUT2D eigenvalue weighted by atomic mass is 16.6. The molecule has 3 aromatic heterocycles. The van der Waals surface area contributed by atoms with Crippen LogP contribution in [0.25, 0.3) is 16.8 Å². The minimum Gasteiger partial charge on any atom is -0.469 e. The number of carbonyl (C=O) groups excluding carboxylic acids is 5. The van der Waals surface area contributed by atoms with Crippen molar-refractivity contribution in [2.24, 2.45) is 0 Å². The number of hydrogen-bond acceptors (Lipinski definition) is 15. The van der Waals surface area contributed by atoms with Gasteiger partial charge in [-0.1, -0.05) is 18.2 Å². The zero-order chi connectivity index (χ0) is 44.3. The van der Waals surface area contributed by atoms with Gasteiger partial charge in [-0.25, -0.2) is 4.98 Å². The average molecular weight is 878 g/mol. The van der Waals surface area contributed by atoms with Crippen molar-refractivity contribution in [1.29, 1.82) is 0 Å². The quantitative estimate of drug-likeness (QED) is 0.0756. The Morgan fingerprint density at radius 3 is 2.25 bits per heavy atom. The van der Waals surface area contributed by atoms with Crippen LogP contribution in [0.4, 0.5) is 11.4 Å². The second kappa shape index (κ2) is 21.2. The van der Waals surface area contributed by atoms with E-state index >= 15 is 0 Å². The lowest BCUT2D eigenvalue weighted by Crippen LogP contribution is -2.54. The Bertz CT molecular complexity index is 2410. The number of ether oxygens (including phenoxy) is 4. The van der Waals surface area contributed by atoms with E-state index in [-0.39, 0.29) is 29.9 Å². The summed E-state index contributed by atoms with van der Waals surface area (Å²) in [5.74, 6) is -0.334. The SMILES string of the molecule is O=C1CCC(N2C(=O)c3cccc(NCCOCCOCCOCCOCCC(=O)N4CCN(c5ccc(-c6cnc(CCc7ccco7)n7cnnc67)cc5)CC4)c3C2=O)C(=O)N1. The molecule has 1 atom stereocenters. The van der Waals surface area contributed by atoms with Crippen LogP contribution < -0.4 is 15.5 Å². The molecule has 3 aliphatic heterocycles. The van der Waals surface area contributed by atoms with Crippen LogP contribution in [0.3, 0.4) is 0 Å². The Morgan fingerprint density at radius 2 is 1.53 bits per heavy atom. The fourth-order valence-electron chi connectivity index (χ4n) is 8.01. The number of rotatable bonds is 22. The molecule has 19 heteroatoms. The summed E-state index contributed by atoms with van der Waals surface area (Å²) >= 11 is 0. The highest BCUT2D eigenvalue weighted by molar-refractivity contribution is 6.25. The molecule has 1 unspecified atom stereocenters. The third kappa shape index (κ3) is 10.5. The summed E-state index contributed by atoms with van der Waals surface area (Å²) in [6, 6.07) is 16.1. The molecule has 0 spiro atoms. The lowest BCUT2D eigenvalue weighted by Gasteiger charge is -2.36. The summed E-state index contributed by atoms with van der Waals surface area (Å²) in [4.78, 5) is 72.9. The fraction of sp³-hybridized carbons (Fsp3) is 0.422. The number of piperidine rings is 1. The summed E-state index contributed by atoms with van der Waals surface area (Å²) in [6.45, 7) is 6.06. The van der Waals surface area contributed by atoms with E-state index in [1.165, 1.54) is 0 Å². The molecule has 2 fully saturated rings. The topological polar surface area (TPSA) is 212 Å². The molecule has 2 N–H and O–H groups in total. The van der Waals surface area contributed by atoms with Crippen molar-refractivity contribution in [2.45, 2.75) is 38.1 Å². The number of piperazine rings is 1. The molecule has 5 amide bonds. The van der Waals surface area contributed by atoms with E-state index in [1.54, 1.807) is 30.8 Å². The maximum Gasteiger partial charge on any atom is 0.264 e. The van der Waals surface area contributed by atoms with E-state index in [0.29, 0.717) is 91.0 Å². The van der Waals surface area contributed by atoms with Crippen molar-refractivity contribution in [3.8, 4) is 11.1 Å². The van der Waals surface area contributed by atoms with Crippen molar-refractivity contribution >= 4 is 46.6 Å². The van der Waals surface area contributed by atoms with Gasteiger partial charge in [0.25, 0.3) is 11.8 Å². The summed E-state index contributed by atoms with van der Waals surface area (Å²) in [5, 5.41) is 13.9. The van der Waals surface area contributed by atoms with E-state index in [1.807, 2.05) is 27.6 Å². The molecule has 6 heterocycles. The van der Waals surface area contributed by atoms with Gasteiger partial charge < -0.3 is 38.5 Å². The first-order valence-corrected chi connectivity index (χ1v) is 21.6. The number of hydrogen-bond donors (Lipinski definition) is 2. The van der Waals surface area contributed by atoms with Crippen LogP contribution >= 0.6 is 0 Å². The molecule has 336 valence electrons. The van der Waals surface area contributed by atoms with Crippen LogP contribution in [0.1, 0.15) is 51.6 Å². The largest absolute Gasteiger partial charge is 0.469 e. The molecule has 0 bridgehead atoms. The summed E-state index contributed by atoms with van der Waals surface area (Å²) in [6.07, 6.45) is 7.15. The van der Waals surface area contributed by atoms with Crippen molar-refractivity contribution in [3.05, 3.63) is 96.1 Å². The summed E-state index contributed by atoms with van der Waals surface area (Å²) in [7, 11) is 0. The third-order valence-electron chi connectivity index (χ3n) is 11.4. The van der Waals surface area contributed by atoms with Crippen molar-refractivity contribution in [3.63, 3.8) is 0 Å². The van der Waals surface area contributed by atoms with E-state index < -0.39 is 29.7 Å². The molecular formula is C45H51N9O10. The number of aryl methyl sites for hydroxylation is 2. The first-order chi connectivity index (χ1) is 31.4. The fourth-order valence-corrected chi connectivity index (χ4v) is 8.01. The number of furan rings is 1. The van der Waals surface area contributed by atoms with E-state index in [4.69, 9.17) is 28.3 Å². The van der Waals surface area contributed by atoms with E-state index in [2.05, 4.69) is 50.0 Å². The Morgan fingerprint density at radius 1 is 0.797 bits per heavy atom. The predicted octanol–water partition coefficient (Wildman–Crippen LogP) is 2.79.